The van der Waals surface area contributed by atoms with E-state index in [0.29, 0.717) is 44.5 Å². The van der Waals surface area contributed by atoms with Gasteiger partial charge in [0.05, 0.1) is 13.2 Å². The molecule has 1 heterocycles. The molecule has 0 aromatic heterocycles. The molecule has 116 valence electrons. The zero-order valence-corrected chi connectivity index (χ0v) is 12.4. The highest BCUT2D eigenvalue weighted by Crippen LogP contribution is 2.32. The number of carbonyl (C=O) groups is 1. The van der Waals surface area contributed by atoms with Crippen LogP contribution in [0.3, 0.4) is 0 Å². The van der Waals surface area contributed by atoms with Gasteiger partial charge in [0, 0.05) is 13.7 Å². The summed E-state index contributed by atoms with van der Waals surface area (Å²) in [5, 5.41) is 3.13. The molecule has 1 N–H and O–H groups in total. The van der Waals surface area contributed by atoms with Crippen LogP contribution in [0, 0.1) is 0 Å². The Hall–Kier alpha value is -1.79. The standard InChI is InChI=1S/C15H21NO5/c1-3-19-15(17)14(16-6-7-18-2)11-4-5-12-13(10-11)21-9-8-20-12/h4-5,10,14,16H,3,6-9H2,1-2H3. The third kappa shape index (κ3) is 4.09. The van der Waals surface area contributed by atoms with Crippen LogP contribution in [0.1, 0.15) is 18.5 Å². The number of methoxy groups -OCH3 is 1. The maximum Gasteiger partial charge on any atom is 0.327 e. The molecule has 0 saturated heterocycles. The molecular formula is C15H21NO5. The topological polar surface area (TPSA) is 66.0 Å². The molecule has 0 saturated carbocycles. The lowest BCUT2D eigenvalue weighted by Crippen LogP contribution is -2.32. The lowest BCUT2D eigenvalue weighted by Gasteiger charge is -2.22. The quantitative estimate of drug-likeness (QED) is 0.604. The maximum atomic E-state index is 12.1. The third-order valence-corrected chi connectivity index (χ3v) is 3.08. The highest BCUT2D eigenvalue weighted by Gasteiger charge is 2.23. The van der Waals surface area contributed by atoms with E-state index < -0.39 is 6.04 Å². The number of hydrogen-bond acceptors (Lipinski definition) is 6. The Balaban J connectivity index is 2.16. The van der Waals surface area contributed by atoms with Crippen molar-refractivity contribution in [2.45, 2.75) is 13.0 Å². The molecule has 1 aliphatic rings. The lowest BCUT2D eigenvalue weighted by atomic mass is 10.1. The van der Waals surface area contributed by atoms with Crippen LogP contribution >= 0.6 is 0 Å². The van der Waals surface area contributed by atoms with Gasteiger partial charge in [-0.2, -0.15) is 0 Å². The van der Waals surface area contributed by atoms with E-state index in [-0.39, 0.29) is 5.97 Å². The molecule has 1 aromatic rings. The van der Waals surface area contributed by atoms with Gasteiger partial charge in [-0.25, -0.2) is 4.79 Å². The van der Waals surface area contributed by atoms with E-state index in [1.165, 1.54) is 0 Å². The van der Waals surface area contributed by atoms with Gasteiger partial charge in [0.15, 0.2) is 11.5 Å². The first-order valence-electron chi connectivity index (χ1n) is 7.04. The molecule has 0 aliphatic carbocycles. The Morgan fingerprint density at radius 2 is 2.10 bits per heavy atom. The van der Waals surface area contributed by atoms with Gasteiger partial charge in [0.2, 0.25) is 0 Å². The minimum atomic E-state index is -0.545. The Kier molecular flexibility index (Phi) is 5.83. The van der Waals surface area contributed by atoms with Gasteiger partial charge < -0.3 is 18.9 Å². The Bertz CT molecular complexity index is 477. The van der Waals surface area contributed by atoms with Crippen molar-refractivity contribution in [3.63, 3.8) is 0 Å². The normalized spacial score (nSPS) is 14.6. The van der Waals surface area contributed by atoms with Crippen LogP contribution in [-0.2, 0) is 14.3 Å². The highest BCUT2D eigenvalue weighted by atomic mass is 16.6. The smallest absolute Gasteiger partial charge is 0.327 e. The van der Waals surface area contributed by atoms with E-state index >= 15 is 0 Å². The molecule has 0 radical (unpaired) electrons. The Labute approximate surface area is 124 Å². The summed E-state index contributed by atoms with van der Waals surface area (Å²) in [6.07, 6.45) is 0. The molecule has 0 fully saturated rings. The van der Waals surface area contributed by atoms with Crippen LogP contribution < -0.4 is 14.8 Å². The van der Waals surface area contributed by atoms with Gasteiger partial charge >= 0.3 is 5.97 Å². The van der Waals surface area contributed by atoms with Crippen LogP contribution in [0.15, 0.2) is 18.2 Å². The van der Waals surface area contributed by atoms with Crippen molar-refractivity contribution in [1.82, 2.24) is 5.32 Å². The molecule has 0 amide bonds. The predicted molar refractivity (Wildman–Crippen MR) is 76.7 cm³/mol. The zero-order valence-electron chi connectivity index (χ0n) is 12.4. The van der Waals surface area contributed by atoms with E-state index in [9.17, 15) is 4.79 Å². The van der Waals surface area contributed by atoms with Gasteiger partial charge in [0.1, 0.15) is 19.3 Å². The second-order valence-corrected chi connectivity index (χ2v) is 4.54. The number of fused-ring (bicyclic) bond motifs is 1. The summed E-state index contributed by atoms with van der Waals surface area (Å²) >= 11 is 0. The zero-order chi connectivity index (χ0) is 15.1. The first-order chi connectivity index (χ1) is 10.3. The van der Waals surface area contributed by atoms with Crippen molar-refractivity contribution in [3.05, 3.63) is 23.8 Å². The maximum absolute atomic E-state index is 12.1. The fourth-order valence-electron chi connectivity index (χ4n) is 2.11. The fraction of sp³-hybridized carbons (Fsp3) is 0.533. The second kappa shape index (κ2) is 7.85. The average Bonchev–Trinajstić information content (AvgIpc) is 2.51. The van der Waals surface area contributed by atoms with Crippen LogP contribution in [0.4, 0.5) is 0 Å². The number of carbonyl (C=O) groups excluding carboxylic acids is 1. The number of benzene rings is 1. The van der Waals surface area contributed by atoms with Crippen LogP contribution in [0.2, 0.25) is 0 Å². The van der Waals surface area contributed by atoms with Crippen molar-refractivity contribution < 1.29 is 23.7 Å². The highest BCUT2D eigenvalue weighted by molar-refractivity contribution is 5.78. The summed E-state index contributed by atoms with van der Waals surface area (Å²) in [5.74, 6) is 1.04. The van der Waals surface area contributed by atoms with E-state index in [1.54, 1.807) is 14.0 Å². The summed E-state index contributed by atoms with van der Waals surface area (Å²) in [5.41, 5.74) is 0.786. The molecular weight excluding hydrogens is 274 g/mol. The lowest BCUT2D eigenvalue weighted by molar-refractivity contribution is -0.145. The molecule has 1 unspecified atom stereocenters. The SMILES string of the molecule is CCOC(=O)C(NCCOC)c1ccc2c(c1)OCCO2. The summed E-state index contributed by atoms with van der Waals surface area (Å²) in [6, 6.07) is 4.93. The molecule has 1 atom stereocenters. The molecule has 0 spiro atoms. The molecule has 6 heteroatoms. The number of ether oxygens (including phenoxy) is 4. The van der Waals surface area contributed by atoms with Gasteiger partial charge in [-0.1, -0.05) is 6.07 Å². The minimum Gasteiger partial charge on any atom is -0.486 e. The second-order valence-electron chi connectivity index (χ2n) is 4.54. The minimum absolute atomic E-state index is 0.315. The van der Waals surface area contributed by atoms with Crippen LogP contribution in [0.5, 0.6) is 11.5 Å². The fourth-order valence-corrected chi connectivity index (χ4v) is 2.11. The summed E-state index contributed by atoms with van der Waals surface area (Å²) in [4.78, 5) is 12.1. The number of esters is 1. The van der Waals surface area contributed by atoms with Crippen molar-refractivity contribution in [2.24, 2.45) is 0 Å². The van der Waals surface area contributed by atoms with E-state index in [4.69, 9.17) is 18.9 Å². The van der Waals surface area contributed by atoms with Crippen molar-refractivity contribution >= 4 is 5.97 Å². The molecule has 2 rings (SSSR count). The van der Waals surface area contributed by atoms with Gasteiger partial charge in [-0.3, -0.25) is 5.32 Å². The van der Waals surface area contributed by atoms with Crippen LogP contribution in [-0.4, -0.2) is 46.1 Å². The van der Waals surface area contributed by atoms with Crippen molar-refractivity contribution in [3.8, 4) is 11.5 Å². The van der Waals surface area contributed by atoms with E-state index in [0.717, 1.165) is 5.56 Å². The monoisotopic (exact) mass is 295 g/mol. The average molecular weight is 295 g/mol. The van der Waals surface area contributed by atoms with Gasteiger partial charge in [-0.15, -0.1) is 0 Å². The summed E-state index contributed by atoms with van der Waals surface area (Å²) < 4.78 is 21.2. The first kappa shape index (κ1) is 15.6. The van der Waals surface area contributed by atoms with Crippen molar-refractivity contribution in [1.29, 1.82) is 0 Å². The van der Waals surface area contributed by atoms with Gasteiger partial charge in [0.25, 0.3) is 0 Å². The molecule has 21 heavy (non-hydrogen) atoms. The van der Waals surface area contributed by atoms with Gasteiger partial charge in [-0.05, 0) is 24.6 Å². The largest absolute Gasteiger partial charge is 0.486 e. The Morgan fingerprint density at radius 3 is 2.81 bits per heavy atom. The first-order valence-corrected chi connectivity index (χ1v) is 7.04. The summed E-state index contributed by atoms with van der Waals surface area (Å²) in [6.45, 7) is 4.24. The molecule has 1 aliphatic heterocycles. The number of hydrogen-bond donors (Lipinski definition) is 1. The van der Waals surface area contributed by atoms with E-state index in [2.05, 4.69) is 5.32 Å². The third-order valence-electron chi connectivity index (χ3n) is 3.08. The number of rotatable bonds is 7. The predicted octanol–water partition coefficient (Wildman–Crippen LogP) is 1.30. The summed E-state index contributed by atoms with van der Waals surface area (Å²) in [7, 11) is 1.62. The van der Waals surface area contributed by atoms with Crippen LogP contribution in [0.25, 0.3) is 0 Å². The van der Waals surface area contributed by atoms with E-state index in [1.807, 2.05) is 18.2 Å². The Morgan fingerprint density at radius 1 is 1.33 bits per heavy atom. The molecule has 6 nitrogen and oxygen atoms in total. The molecule has 0 bridgehead atoms. The van der Waals surface area contributed by atoms with Crippen molar-refractivity contribution in [2.75, 3.05) is 40.1 Å². The molecule has 1 aromatic carbocycles. The number of nitrogens with one attached hydrogen (secondary N) is 1.